The molecule has 0 spiro atoms. The van der Waals surface area contributed by atoms with E-state index in [-0.39, 0.29) is 23.2 Å². The number of nitrogens with one attached hydrogen (secondary N) is 2. The molecule has 0 fully saturated rings. The van der Waals surface area contributed by atoms with Crippen molar-refractivity contribution in [3.05, 3.63) is 25.9 Å². The lowest BCUT2D eigenvalue weighted by Gasteiger charge is -1.91. The van der Waals surface area contributed by atoms with E-state index in [4.69, 9.17) is 17.3 Å². The Balaban J connectivity index is 0.000001000. The summed E-state index contributed by atoms with van der Waals surface area (Å²) >= 11 is 5.31. The first kappa shape index (κ1) is 10.1. The maximum Gasteiger partial charge on any atom is 0.327 e. The van der Waals surface area contributed by atoms with Crippen molar-refractivity contribution in [2.75, 3.05) is 5.73 Å². The molecule has 0 bridgehead atoms. The van der Waals surface area contributed by atoms with E-state index < -0.39 is 11.2 Å². The van der Waals surface area contributed by atoms with Gasteiger partial charge in [0.1, 0.15) is 10.8 Å². The normalized spacial score (nSPS) is 8.82. The van der Waals surface area contributed by atoms with Crippen LogP contribution < -0.4 is 17.0 Å². The van der Waals surface area contributed by atoms with Gasteiger partial charge < -0.3 is 5.73 Å². The van der Waals surface area contributed by atoms with Gasteiger partial charge in [-0.1, -0.05) is 11.6 Å². The molecule has 62 valence electrons. The van der Waals surface area contributed by atoms with Crippen LogP contribution in [0.3, 0.4) is 0 Å². The fourth-order valence-electron chi connectivity index (χ4n) is 0.489. The van der Waals surface area contributed by atoms with Gasteiger partial charge >= 0.3 is 5.69 Å². The Hall–Kier alpha value is -0.940. The predicted octanol–water partition coefficient (Wildman–Crippen LogP) is -0.279. The van der Waals surface area contributed by atoms with Crippen molar-refractivity contribution < 1.29 is 0 Å². The standard InChI is InChI=1S/C4H4ClN3O2.ClH/c5-1-2(6)7-4(10)8-3(1)9;/h(H4,6,7,8,9,10);1H. The summed E-state index contributed by atoms with van der Waals surface area (Å²) in [6.45, 7) is 0. The summed E-state index contributed by atoms with van der Waals surface area (Å²) in [5.41, 5.74) is 3.78. The summed E-state index contributed by atoms with van der Waals surface area (Å²) in [6.07, 6.45) is 0. The van der Waals surface area contributed by atoms with Crippen LogP contribution in [0.2, 0.25) is 5.02 Å². The molecule has 0 aliphatic rings. The van der Waals surface area contributed by atoms with Crippen molar-refractivity contribution in [3.63, 3.8) is 0 Å². The number of halogens is 2. The van der Waals surface area contributed by atoms with E-state index in [9.17, 15) is 9.59 Å². The van der Waals surface area contributed by atoms with Gasteiger partial charge in [0.05, 0.1) is 0 Å². The second-order valence-corrected chi connectivity index (χ2v) is 2.01. The molecule has 0 saturated heterocycles. The molecule has 11 heavy (non-hydrogen) atoms. The number of rotatable bonds is 0. The van der Waals surface area contributed by atoms with Crippen molar-refractivity contribution >= 4 is 29.8 Å². The summed E-state index contributed by atoms with van der Waals surface area (Å²) in [5.74, 6) is -0.115. The highest BCUT2D eigenvalue weighted by atomic mass is 35.5. The van der Waals surface area contributed by atoms with Crippen LogP contribution in [-0.2, 0) is 0 Å². The van der Waals surface area contributed by atoms with E-state index in [1.807, 2.05) is 4.98 Å². The molecule has 1 aromatic heterocycles. The van der Waals surface area contributed by atoms with Gasteiger partial charge in [-0.15, -0.1) is 12.4 Å². The Bertz CT molecular complexity index is 355. The minimum absolute atomic E-state index is 0. The van der Waals surface area contributed by atoms with Gasteiger partial charge in [-0.2, -0.15) is 0 Å². The lowest BCUT2D eigenvalue weighted by Crippen LogP contribution is -2.23. The summed E-state index contributed by atoms with van der Waals surface area (Å²) in [7, 11) is 0. The van der Waals surface area contributed by atoms with E-state index in [1.165, 1.54) is 0 Å². The maximum absolute atomic E-state index is 10.6. The van der Waals surface area contributed by atoms with E-state index >= 15 is 0 Å². The van der Waals surface area contributed by atoms with E-state index in [0.717, 1.165) is 0 Å². The third-order valence-electron chi connectivity index (χ3n) is 0.911. The minimum Gasteiger partial charge on any atom is -0.384 e. The first-order valence-corrected chi connectivity index (χ1v) is 2.76. The quantitative estimate of drug-likeness (QED) is 0.535. The van der Waals surface area contributed by atoms with Crippen LogP contribution in [0.5, 0.6) is 0 Å². The number of hydrogen-bond donors (Lipinski definition) is 3. The van der Waals surface area contributed by atoms with Crippen LogP contribution in [0.25, 0.3) is 0 Å². The van der Waals surface area contributed by atoms with Gasteiger partial charge in [-0.05, 0) is 0 Å². The first-order chi connectivity index (χ1) is 4.61. The molecule has 1 aromatic rings. The molecular formula is C4H5Cl2N3O2. The number of anilines is 1. The molecule has 7 heteroatoms. The molecule has 0 amide bonds. The molecule has 5 nitrogen and oxygen atoms in total. The molecule has 0 aliphatic carbocycles. The largest absolute Gasteiger partial charge is 0.384 e. The number of aromatic amines is 2. The van der Waals surface area contributed by atoms with Gasteiger partial charge in [0.15, 0.2) is 0 Å². The summed E-state index contributed by atoms with van der Waals surface area (Å²) in [6, 6.07) is 0. The molecule has 1 rings (SSSR count). The second kappa shape index (κ2) is 3.45. The highest BCUT2D eigenvalue weighted by Crippen LogP contribution is 2.04. The zero-order valence-corrected chi connectivity index (χ0v) is 6.75. The second-order valence-electron chi connectivity index (χ2n) is 1.64. The Morgan fingerprint density at radius 2 is 1.82 bits per heavy atom. The maximum atomic E-state index is 10.6. The molecule has 0 unspecified atom stereocenters. The van der Waals surface area contributed by atoms with E-state index in [0.29, 0.717) is 0 Å². The van der Waals surface area contributed by atoms with Crippen molar-refractivity contribution in [1.29, 1.82) is 0 Å². The minimum atomic E-state index is -0.678. The van der Waals surface area contributed by atoms with Crippen LogP contribution in [-0.4, -0.2) is 9.97 Å². The van der Waals surface area contributed by atoms with Crippen LogP contribution in [0.4, 0.5) is 5.82 Å². The molecule has 4 N–H and O–H groups in total. The summed E-state index contributed by atoms with van der Waals surface area (Å²) in [5, 5.41) is -0.195. The topological polar surface area (TPSA) is 91.7 Å². The monoisotopic (exact) mass is 197 g/mol. The average molecular weight is 198 g/mol. The molecule has 0 aromatic carbocycles. The van der Waals surface area contributed by atoms with E-state index in [2.05, 4.69) is 4.98 Å². The van der Waals surface area contributed by atoms with Gasteiger partial charge in [0, 0.05) is 0 Å². The summed E-state index contributed by atoms with van der Waals surface area (Å²) in [4.78, 5) is 25.0. The SMILES string of the molecule is Cl.Nc1[nH]c(=O)[nH]c(=O)c1Cl. The first-order valence-electron chi connectivity index (χ1n) is 2.39. The highest BCUT2D eigenvalue weighted by Gasteiger charge is 2.00. The Kier molecular flexibility index (Phi) is 3.16. The van der Waals surface area contributed by atoms with Crippen molar-refractivity contribution in [2.45, 2.75) is 0 Å². The highest BCUT2D eigenvalue weighted by molar-refractivity contribution is 6.32. The number of nitrogens with two attached hydrogens (primary N) is 1. The lowest BCUT2D eigenvalue weighted by molar-refractivity contribution is 1.05. The van der Waals surface area contributed by atoms with Crippen molar-refractivity contribution in [1.82, 2.24) is 9.97 Å². The van der Waals surface area contributed by atoms with Crippen LogP contribution in [0, 0.1) is 0 Å². The molecular weight excluding hydrogens is 193 g/mol. The third kappa shape index (κ3) is 1.99. The lowest BCUT2D eigenvalue weighted by atomic mass is 10.6. The van der Waals surface area contributed by atoms with Crippen molar-refractivity contribution in [3.8, 4) is 0 Å². The molecule has 0 atom stereocenters. The average Bonchev–Trinajstić information content (AvgIpc) is 1.82. The smallest absolute Gasteiger partial charge is 0.327 e. The van der Waals surface area contributed by atoms with E-state index in [1.54, 1.807) is 0 Å². The van der Waals surface area contributed by atoms with Gasteiger partial charge in [0.2, 0.25) is 0 Å². The fourth-order valence-corrected chi connectivity index (χ4v) is 0.583. The van der Waals surface area contributed by atoms with Crippen LogP contribution >= 0.6 is 24.0 Å². The number of nitrogen functional groups attached to an aromatic ring is 1. The fraction of sp³-hybridized carbons (Fsp3) is 0. The number of hydrogen-bond acceptors (Lipinski definition) is 3. The molecule has 0 saturated carbocycles. The Labute approximate surface area is 72.0 Å². The van der Waals surface area contributed by atoms with Gasteiger partial charge in [0.25, 0.3) is 5.56 Å². The van der Waals surface area contributed by atoms with Crippen molar-refractivity contribution in [2.24, 2.45) is 0 Å². The molecule has 0 radical (unpaired) electrons. The molecule has 0 aliphatic heterocycles. The van der Waals surface area contributed by atoms with Crippen LogP contribution in [0.15, 0.2) is 9.59 Å². The van der Waals surface area contributed by atoms with Gasteiger partial charge in [-0.3, -0.25) is 14.8 Å². The zero-order chi connectivity index (χ0) is 7.72. The summed E-state index contributed by atoms with van der Waals surface area (Å²) < 4.78 is 0. The zero-order valence-electron chi connectivity index (χ0n) is 5.18. The number of H-pyrrole nitrogens is 2. The Morgan fingerprint density at radius 3 is 2.27 bits per heavy atom. The van der Waals surface area contributed by atoms with Crippen LogP contribution in [0.1, 0.15) is 0 Å². The number of aromatic nitrogens is 2. The van der Waals surface area contributed by atoms with Gasteiger partial charge in [-0.25, -0.2) is 4.79 Å². The third-order valence-corrected chi connectivity index (χ3v) is 1.29. The predicted molar refractivity (Wildman–Crippen MR) is 44.4 cm³/mol. The Morgan fingerprint density at radius 1 is 1.27 bits per heavy atom. The molecule has 1 heterocycles.